The van der Waals surface area contributed by atoms with Crippen molar-refractivity contribution in [1.82, 2.24) is 5.32 Å². The SMILES string of the molecule is CCC(Br)C(=O)NC1(CO)CC1. The zero-order valence-corrected chi connectivity index (χ0v) is 8.73. The van der Waals surface area contributed by atoms with Gasteiger partial charge in [0.1, 0.15) is 0 Å². The Balaban J connectivity index is 2.36. The van der Waals surface area contributed by atoms with Crippen LogP contribution in [0.1, 0.15) is 26.2 Å². The van der Waals surface area contributed by atoms with Gasteiger partial charge in [-0.2, -0.15) is 0 Å². The van der Waals surface area contributed by atoms with E-state index in [9.17, 15) is 4.79 Å². The summed E-state index contributed by atoms with van der Waals surface area (Å²) in [6.07, 6.45) is 2.57. The van der Waals surface area contributed by atoms with Gasteiger partial charge in [0.15, 0.2) is 0 Å². The fourth-order valence-electron chi connectivity index (χ4n) is 0.999. The van der Waals surface area contributed by atoms with Gasteiger partial charge >= 0.3 is 0 Å². The molecule has 0 radical (unpaired) electrons. The standard InChI is InChI=1S/C8H14BrNO2/c1-2-6(9)7(12)10-8(5-11)3-4-8/h6,11H,2-5H2,1H3,(H,10,12). The van der Waals surface area contributed by atoms with Crippen molar-refractivity contribution in [3.05, 3.63) is 0 Å². The maximum atomic E-state index is 11.3. The molecule has 1 unspecified atom stereocenters. The Bertz CT molecular complexity index is 180. The predicted octanol–water partition coefficient (Wildman–Crippen LogP) is 0.801. The molecule has 0 aliphatic heterocycles. The summed E-state index contributed by atoms with van der Waals surface area (Å²) in [5.41, 5.74) is -0.279. The van der Waals surface area contributed by atoms with Crippen LogP contribution in [0.3, 0.4) is 0 Å². The Morgan fingerprint density at radius 1 is 1.75 bits per heavy atom. The average molecular weight is 236 g/mol. The van der Waals surface area contributed by atoms with Gasteiger partial charge in [-0.25, -0.2) is 0 Å². The van der Waals surface area contributed by atoms with Gasteiger partial charge in [0.2, 0.25) is 5.91 Å². The zero-order valence-electron chi connectivity index (χ0n) is 7.14. The fourth-order valence-corrected chi connectivity index (χ4v) is 1.11. The number of carbonyl (C=O) groups is 1. The molecule has 2 N–H and O–H groups in total. The summed E-state index contributed by atoms with van der Waals surface area (Å²) in [6.45, 7) is 2.00. The minimum atomic E-state index is -0.279. The van der Waals surface area contributed by atoms with E-state index in [2.05, 4.69) is 21.2 Å². The minimum absolute atomic E-state index is 0.0101. The van der Waals surface area contributed by atoms with Crippen LogP contribution in [-0.4, -0.2) is 28.0 Å². The first-order chi connectivity index (χ1) is 5.63. The number of halogens is 1. The molecule has 12 heavy (non-hydrogen) atoms. The molecular formula is C8H14BrNO2. The number of amides is 1. The third kappa shape index (κ3) is 2.20. The number of hydrogen-bond donors (Lipinski definition) is 2. The number of hydrogen-bond acceptors (Lipinski definition) is 2. The second-order valence-electron chi connectivity index (χ2n) is 3.30. The van der Waals surface area contributed by atoms with Gasteiger partial charge in [0, 0.05) is 0 Å². The van der Waals surface area contributed by atoms with Crippen molar-refractivity contribution in [3.8, 4) is 0 Å². The summed E-state index contributed by atoms with van der Waals surface area (Å²) >= 11 is 3.26. The van der Waals surface area contributed by atoms with E-state index in [1.165, 1.54) is 0 Å². The van der Waals surface area contributed by atoms with Crippen LogP contribution in [0.2, 0.25) is 0 Å². The van der Waals surface area contributed by atoms with Gasteiger partial charge in [0.25, 0.3) is 0 Å². The lowest BCUT2D eigenvalue weighted by Gasteiger charge is -2.16. The molecule has 0 heterocycles. The average Bonchev–Trinajstić information content (AvgIpc) is 2.84. The van der Waals surface area contributed by atoms with Crippen LogP contribution in [0.5, 0.6) is 0 Å². The second-order valence-corrected chi connectivity index (χ2v) is 4.41. The number of rotatable bonds is 4. The van der Waals surface area contributed by atoms with Crippen LogP contribution in [-0.2, 0) is 4.79 Å². The normalized spacial score (nSPS) is 21.6. The van der Waals surface area contributed by atoms with Crippen LogP contribution >= 0.6 is 15.9 Å². The highest BCUT2D eigenvalue weighted by atomic mass is 79.9. The van der Waals surface area contributed by atoms with Crippen molar-refractivity contribution < 1.29 is 9.90 Å². The largest absolute Gasteiger partial charge is 0.394 e. The minimum Gasteiger partial charge on any atom is -0.394 e. The summed E-state index contributed by atoms with van der Waals surface area (Å²) in [4.78, 5) is 11.2. The Morgan fingerprint density at radius 3 is 2.67 bits per heavy atom. The maximum absolute atomic E-state index is 11.3. The third-order valence-corrected chi connectivity index (χ3v) is 3.25. The van der Waals surface area contributed by atoms with Crippen LogP contribution in [0, 0.1) is 0 Å². The van der Waals surface area contributed by atoms with Gasteiger partial charge in [-0.05, 0) is 19.3 Å². The van der Waals surface area contributed by atoms with E-state index in [4.69, 9.17) is 5.11 Å². The van der Waals surface area contributed by atoms with E-state index in [1.54, 1.807) is 0 Å². The molecular weight excluding hydrogens is 222 g/mol. The lowest BCUT2D eigenvalue weighted by Crippen LogP contribution is -2.43. The second kappa shape index (κ2) is 3.75. The molecule has 3 nitrogen and oxygen atoms in total. The van der Waals surface area contributed by atoms with E-state index < -0.39 is 0 Å². The number of alkyl halides is 1. The quantitative estimate of drug-likeness (QED) is 0.709. The topological polar surface area (TPSA) is 49.3 Å². The van der Waals surface area contributed by atoms with Crippen molar-refractivity contribution in [3.63, 3.8) is 0 Å². The smallest absolute Gasteiger partial charge is 0.234 e. The predicted molar refractivity (Wildman–Crippen MR) is 50.2 cm³/mol. The number of carbonyl (C=O) groups excluding carboxylic acids is 1. The fraction of sp³-hybridized carbons (Fsp3) is 0.875. The van der Waals surface area contributed by atoms with Crippen molar-refractivity contribution in [2.75, 3.05) is 6.61 Å². The molecule has 0 aromatic heterocycles. The van der Waals surface area contributed by atoms with E-state index in [0.29, 0.717) is 0 Å². The van der Waals surface area contributed by atoms with Crippen molar-refractivity contribution >= 4 is 21.8 Å². The third-order valence-electron chi connectivity index (χ3n) is 2.19. The Labute approximate surface area is 80.7 Å². The highest BCUT2D eigenvalue weighted by molar-refractivity contribution is 9.10. The molecule has 0 aromatic carbocycles. The molecule has 1 amide bonds. The van der Waals surface area contributed by atoms with E-state index in [-0.39, 0.29) is 22.9 Å². The Morgan fingerprint density at radius 2 is 2.33 bits per heavy atom. The molecule has 1 rings (SSSR count). The van der Waals surface area contributed by atoms with Crippen molar-refractivity contribution in [2.45, 2.75) is 36.6 Å². The summed E-state index contributed by atoms with van der Waals surface area (Å²) < 4.78 is 0. The number of aliphatic hydroxyl groups excluding tert-OH is 1. The Kier molecular flexibility index (Phi) is 3.12. The first-order valence-electron chi connectivity index (χ1n) is 4.20. The van der Waals surface area contributed by atoms with Crippen LogP contribution in [0.15, 0.2) is 0 Å². The molecule has 1 saturated carbocycles. The lowest BCUT2D eigenvalue weighted by molar-refractivity contribution is -0.121. The molecule has 1 aliphatic rings. The van der Waals surface area contributed by atoms with Gasteiger partial charge < -0.3 is 10.4 Å². The maximum Gasteiger partial charge on any atom is 0.234 e. The molecule has 1 atom stereocenters. The van der Waals surface area contributed by atoms with Crippen molar-refractivity contribution in [1.29, 1.82) is 0 Å². The van der Waals surface area contributed by atoms with Crippen LogP contribution in [0.4, 0.5) is 0 Å². The monoisotopic (exact) mass is 235 g/mol. The number of nitrogens with one attached hydrogen (secondary N) is 1. The van der Waals surface area contributed by atoms with Gasteiger partial charge in [-0.3, -0.25) is 4.79 Å². The molecule has 0 bridgehead atoms. The molecule has 0 aromatic rings. The van der Waals surface area contributed by atoms with Crippen molar-refractivity contribution in [2.24, 2.45) is 0 Å². The van der Waals surface area contributed by atoms with E-state index >= 15 is 0 Å². The summed E-state index contributed by atoms with van der Waals surface area (Å²) in [7, 11) is 0. The lowest BCUT2D eigenvalue weighted by atomic mass is 10.2. The molecule has 4 heteroatoms. The molecule has 0 saturated heterocycles. The molecule has 1 fully saturated rings. The van der Waals surface area contributed by atoms with Gasteiger partial charge in [-0.1, -0.05) is 22.9 Å². The van der Waals surface area contributed by atoms with Crippen LogP contribution < -0.4 is 5.32 Å². The zero-order chi connectivity index (χ0) is 9.19. The Hall–Kier alpha value is -0.0900. The summed E-state index contributed by atoms with van der Waals surface area (Å²) in [5, 5.41) is 11.8. The van der Waals surface area contributed by atoms with Gasteiger partial charge in [-0.15, -0.1) is 0 Å². The first kappa shape index (κ1) is 9.99. The molecule has 0 spiro atoms. The van der Waals surface area contributed by atoms with Gasteiger partial charge in [0.05, 0.1) is 17.0 Å². The highest BCUT2D eigenvalue weighted by Crippen LogP contribution is 2.34. The molecule has 1 aliphatic carbocycles. The summed E-state index contributed by atoms with van der Waals surface area (Å²) in [6, 6.07) is 0. The molecule has 70 valence electrons. The summed E-state index contributed by atoms with van der Waals surface area (Å²) in [5.74, 6) is -0.0101. The number of aliphatic hydroxyl groups is 1. The highest BCUT2D eigenvalue weighted by Gasteiger charge is 2.43. The van der Waals surface area contributed by atoms with E-state index in [1.807, 2.05) is 6.92 Å². The van der Waals surface area contributed by atoms with Crippen LogP contribution in [0.25, 0.3) is 0 Å². The first-order valence-corrected chi connectivity index (χ1v) is 5.12. The van der Waals surface area contributed by atoms with E-state index in [0.717, 1.165) is 19.3 Å².